The average molecular weight is 297 g/mol. The van der Waals surface area contributed by atoms with Gasteiger partial charge in [-0.1, -0.05) is 41.7 Å². The molecule has 2 nitrogen and oxygen atoms in total. The number of aliphatic hydroxyl groups excluding tert-OH is 1. The Bertz CT molecular complexity index is 384. The molecular formula is C12H16Cl3NO. The highest BCUT2D eigenvalue weighted by Gasteiger charge is 2.13. The number of halogens is 3. The number of hydrogen-bond acceptors (Lipinski definition) is 2. The van der Waals surface area contributed by atoms with Gasteiger partial charge in [0.15, 0.2) is 0 Å². The highest BCUT2D eigenvalue weighted by Crippen LogP contribution is 2.31. The molecule has 0 spiro atoms. The maximum atomic E-state index is 9.04. The minimum Gasteiger partial charge on any atom is -0.396 e. The van der Waals surface area contributed by atoms with Crippen molar-refractivity contribution < 1.29 is 5.11 Å². The van der Waals surface area contributed by atoms with E-state index in [9.17, 15) is 0 Å². The molecule has 2 atom stereocenters. The summed E-state index contributed by atoms with van der Waals surface area (Å²) >= 11 is 18.1. The van der Waals surface area contributed by atoms with E-state index >= 15 is 0 Å². The molecule has 1 aromatic rings. The van der Waals surface area contributed by atoms with E-state index < -0.39 is 0 Å². The van der Waals surface area contributed by atoms with Gasteiger partial charge in [0.05, 0.1) is 10.0 Å². The molecule has 0 aromatic heterocycles. The summed E-state index contributed by atoms with van der Waals surface area (Å²) in [5.74, 6) is 0.173. The summed E-state index contributed by atoms with van der Waals surface area (Å²) in [5, 5.41) is 13.9. The van der Waals surface area contributed by atoms with Crippen molar-refractivity contribution in [3.8, 4) is 0 Å². The Balaban J connectivity index is 2.72. The van der Waals surface area contributed by atoms with Gasteiger partial charge in [0, 0.05) is 29.8 Å². The summed E-state index contributed by atoms with van der Waals surface area (Å²) in [4.78, 5) is 0. The van der Waals surface area contributed by atoms with Crippen LogP contribution in [0.4, 0.5) is 0 Å². The molecule has 0 amide bonds. The number of nitrogens with one attached hydrogen (secondary N) is 1. The normalized spacial score (nSPS) is 14.7. The van der Waals surface area contributed by atoms with Crippen molar-refractivity contribution in [2.75, 3.05) is 6.61 Å². The maximum Gasteiger partial charge on any atom is 0.0652 e. The van der Waals surface area contributed by atoms with Gasteiger partial charge in [0.25, 0.3) is 0 Å². The Hall–Kier alpha value is 0.01000. The average Bonchev–Trinajstić information content (AvgIpc) is 2.32. The fourth-order valence-corrected chi connectivity index (χ4v) is 2.03. The molecule has 0 saturated carbocycles. The second kappa shape index (κ2) is 6.81. The molecule has 1 aromatic carbocycles. The lowest BCUT2D eigenvalue weighted by Gasteiger charge is -2.20. The van der Waals surface area contributed by atoms with E-state index in [0.717, 1.165) is 5.56 Å². The predicted molar refractivity (Wildman–Crippen MR) is 74.0 cm³/mol. The van der Waals surface area contributed by atoms with Crippen LogP contribution in [0.15, 0.2) is 12.1 Å². The topological polar surface area (TPSA) is 32.3 Å². The van der Waals surface area contributed by atoms with Crippen LogP contribution in [-0.2, 0) is 6.54 Å². The second-order valence-electron chi connectivity index (χ2n) is 4.15. The summed E-state index contributed by atoms with van der Waals surface area (Å²) in [5.41, 5.74) is 0.790. The zero-order valence-electron chi connectivity index (χ0n) is 9.80. The third kappa shape index (κ3) is 4.01. The van der Waals surface area contributed by atoms with Crippen LogP contribution in [0.3, 0.4) is 0 Å². The molecular weight excluding hydrogens is 280 g/mol. The summed E-state index contributed by atoms with van der Waals surface area (Å²) < 4.78 is 0. The van der Waals surface area contributed by atoms with Crippen molar-refractivity contribution in [3.05, 3.63) is 32.8 Å². The molecule has 2 N–H and O–H groups in total. The van der Waals surface area contributed by atoms with Crippen LogP contribution in [0.2, 0.25) is 15.1 Å². The molecule has 0 fully saturated rings. The van der Waals surface area contributed by atoms with E-state index in [-0.39, 0.29) is 18.6 Å². The Labute approximate surface area is 117 Å². The third-order valence-electron chi connectivity index (χ3n) is 2.88. The zero-order chi connectivity index (χ0) is 13.0. The van der Waals surface area contributed by atoms with E-state index in [0.29, 0.717) is 21.6 Å². The molecule has 96 valence electrons. The van der Waals surface area contributed by atoms with E-state index in [4.69, 9.17) is 39.9 Å². The number of aliphatic hydroxyl groups is 1. The first kappa shape index (κ1) is 15.1. The summed E-state index contributed by atoms with van der Waals surface area (Å²) in [6.45, 7) is 4.65. The molecule has 0 heterocycles. The Morgan fingerprint density at radius 1 is 1.18 bits per heavy atom. The van der Waals surface area contributed by atoms with E-state index in [2.05, 4.69) is 5.32 Å². The molecule has 5 heteroatoms. The molecule has 1 rings (SSSR count). The van der Waals surface area contributed by atoms with E-state index in [1.54, 1.807) is 12.1 Å². The smallest absolute Gasteiger partial charge is 0.0652 e. The van der Waals surface area contributed by atoms with Crippen LogP contribution < -0.4 is 5.32 Å². The molecule has 0 aliphatic carbocycles. The molecule has 0 aliphatic heterocycles. The van der Waals surface area contributed by atoms with Crippen molar-refractivity contribution in [2.45, 2.75) is 26.4 Å². The fourth-order valence-electron chi connectivity index (χ4n) is 1.35. The van der Waals surface area contributed by atoms with Crippen LogP contribution in [0.25, 0.3) is 0 Å². The number of benzene rings is 1. The molecule has 2 unspecified atom stereocenters. The Kier molecular flexibility index (Phi) is 6.04. The lowest BCUT2D eigenvalue weighted by atomic mass is 10.0. The van der Waals surface area contributed by atoms with Gasteiger partial charge >= 0.3 is 0 Å². The number of rotatable bonds is 5. The van der Waals surface area contributed by atoms with Gasteiger partial charge < -0.3 is 10.4 Å². The summed E-state index contributed by atoms with van der Waals surface area (Å²) in [7, 11) is 0. The second-order valence-corrected chi connectivity index (χ2v) is 5.34. The van der Waals surface area contributed by atoms with Crippen molar-refractivity contribution in [1.82, 2.24) is 5.32 Å². The third-order valence-corrected chi connectivity index (χ3v) is 4.08. The predicted octanol–water partition coefficient (Wildman–Crippen LogP) is 3.75. The first-order chi connectivity index (χ1) is 7.97. The monoisotopic (exact) mass is 295 g/mol. The van der Waals surface area contributed by atoms with Gasteiger partial charge in [0.1, 0.15) is 0 Å². The van der Waals surface area contributed by atoms with Crippen LogP contribution in [-0.4, -0.2) is 17.8 Å². The lowest BCUT2D eigenvalue weighted by Crippen LogP contribution is -2.33. The zero-order valence-corrected chi connectivity index (χ0v) is 12.1. The number of hydrogen-bond donors (Lipinski definition) is 2. The van der Waals surface area contributed by atoms with Crippen LogP contribution in [0, 0.1) is 5.92 Å². The van der Waals surface area contributed by atoms with Gasteiger partial charge in [-0.25, -0.2) is 0 Å². The SMILES string of the molecule is CC(CO)C(C)NCc1c(Cl)ccc(Cl)c1Cl. The fraction of sp³-hybridized carbons (Fsp3) is 0.500. The van der Waals surface area contributed by atoms with Crippen LogP contribution in [0.5, 0.6) is 0 Å². The van der Waals surface area contributed by atoms with Gasteiger partial charge in [-0.05, 0) is 25.0 Å². The maximum absolute atomic E-state index is 9.04. The quantitative estimate of drug-likeness (QED) is 0.811. The molecule has 0 bridgehead atoms. The lowest BCUT2D eigenvalue weighted by molar-refractivity contribution is 0.207. The summed E-state index contributed by atoms with van der Waals surface area (Å²) in [6, 6.07) is 3.58. The molecule has 0 aliphatic rings. The molecule has 0 saturated heterocycles. The molecule has 17 heavy (non-hydrogen) atoms. The minimum absolute atomic E-state index is 0.144. The summed E-state index contributed by atoms with van der Waals surface area (Å²) in [6.07, 6.45) is 0. The first-order valence-corrected chi connectivity index (χ1v) is 6.57. The van der Waals surface area contributed by atoms with Crippen LogP contribution in [0.1, 0.15) is 19.4 Å². The highest BCUT2D eigenvalue weighted by atomic mass is 35.5. The van der Waals surface area contributed by atoms with Crippen molar-refractivity contribution in [2.24, 2.45) is 5.92 Å². The Morgan fingerprint density at radius 3 is 2.35 bits per heavy atom. The van der Waals surface area contributed by atoms with Crippen molar-refractivity contribution in [1.29, 1.82) is 0 Å². The van der Waals surface area contributed by atoms with Crippen molar-refractivity contribution in [3.63, 3.8) is 0 Å². The highest BCUT2D eigenvalue weighted by molar-refractivity contribution is 6.44. The first-order valence-electron chi connectivity index (χ1n) is 5.44. The van der Waals surface area contributed by atoms with Gasteiger partial charge in [-0.3, -0.25) is 0 Å². The standard InChI is InChI=1S/C12H16Cl3NO/c1-7(6-17)8(2)16-5-9-10(13)3-4-11(14)12(9)15/h3-4,7-8,16-17H,5-6H2,1-2H3. The minimum atomic E-state index is 0.144. The Morgan fingerprint density at radius 2 is 1.76 bits per heavy atom. The van der Waals surface area contributed by atoms with Gasteiger partial charge in [-0.15, -0.1) is 0 Å². The largest absolute Gasteiger partial charge is 0.396 e. The molecule has 0 radical (unpaired) electrons. The van der Waals surface area contributed by atoms with E-state index in [1.165, 1.54) is 0 Å². The van der Waals surface area contributed by atoms with Crippen molar-refractivity contribution >= 4 is 34.8 Å². The van der Waals surface area contributed by atoms with Gasteiger partial charge in [-0.2, -0.15) is 0 Å². The van der Waals surface area contributed by atoms with Crippen LogP contribution >= 0.6 is 34.8 Å². The van der Waals surface area contributed by atoms with Gasteiger partial charge in [0.2, 0.25) is 0 Å². The van der Waals surface area contributed by atoms with E-state index in [1.807, 2.05) is 13.8 Å².